The molecule has 1 atom stereocenters. The third-order valence-electron chi connectivity index (χ3n) is 3.58. The van der Waals surface area contributed by atoms with Gasteiger partial charge in [-0.05, 0) is 30.2 Å². The Hall–Kier alpha value is -1.82. The molecule has 0 fully saturated rings. The van der Waals surface area contributed by atoms with Gasteiger partial charge in [0, 0.05) is 24.7 Å². The van der Waals surface area contributed by atoms with Crippen LogP contribution in [0.15, 0.2) is 41.3 Å². The predicted octanol–water partition coefficient (Wildman–Crippen LogP) is 3.27. The average Bonchev–Trinajstić information content (AvgIpc) is 2.54. The molecule has 0 aliphatic rings. The average molecular weight is 368 g/mol. The van der Waals surface area contributed by atoms with Gasteiger partial charge in [0.25, 0.3) is 5.56 Å². The monoisotopic (exact) mass is 367 g/mol. The molecule has 24 heavy (non-hydrogen) atoms. The third kappa shape index (κ3) is 5.09. The summed E-state index contributed by atoms with van der Waals surface area (Å²) in [6.45, 7) is 2.25. The van der Waals surface area contributed by atoms with Crippen LogP contribution in [-0.4, -0.2) is 16.5 Å². The molecule has 0 spiro atoms. The number of nitrogens with one attached hydrogen (secondary N) is 1. The van der Waals surface area contributed by atoms with Crippen LogP contribution in [0, 0.1) is 0 Å². The van der Waals surface area contributed by atoms with Crippen LogP contribution < -0.4 is 16.6 Å². The summed E-state index contributed by atoms with van der Waals surface area (Å²) in [5.74, 6) is -0.177. The molecule has 0 aliphatic heterocycles. The van der Waals surface area contributed by atoms with Crippen LogP contribution in [0.2, 0.25) is 10.0 Å². The summed E-state index contributed by atoms with van der Waals surface area (Å²) in [6.07, 6.45) is 2.56. The van der Waals surface area contributed by atoms with E-state index in [9.17, 15) is 9.59 Å². The van der Waals surface area contributed by atoms with Crippen molar-refractivity contribution in [3.63, 3.8) is 0 Å². The highest BCUT2D eigenvalue weighted by Gasteiger charge is 2.09. The van der Waals surface area contributed by atoms with Crippen molar-refractivity contribution in [1.82, 2.24) is 4.57 Å². The SMILES string of the molecule is CC[C@@H](N)CC(=O)Nc1ccc(=O)n(Cc2ccc(Cl)c(Cl)c2)c1. The highest BCUT2D eigenvalue weighted by atomic mass is 35.5. The van der Waals surface area contributed by atoms with Crippen molar-refractivity contribution < 1.29 is 4.79 Å². The molecule has 0 radical (unpaired) electrons. The van der Waals surface area contributed by atoms with Gasteiger partial charge in [0.15, 0.2) is 0 Å². The lowest BCUT2D eigenvalue weighted by molar-refractivity contribution is -0.116. The Balaban J connectivity index is 2.14. The molecule has 1 aromatic carbocycles. The van der Waals surface area contributed by atoms with Crippen LogP contribution in [0.1, 0.15) is 25.3 Å². The van der Waals surface area contributed by atoms with E-state index >= 15 is 0 Å². The van der Waals surface area contributed by atoms with E-state index in [2.05, 4.69) is 5.32 Å². The number of aromatic nitrogens is 1. The summed E-state index contributed by atoms with van der Waals surface area (Å²) in [5.41, 5.74) is 6.97. The number of benzene rings is 1. The number of nitrogens with two attached hydrogens (primary N) is 1. The van der Waals surface area contributed by atoms with Crippen LogP contribution in [0.5, 0.6) is 0 Å². The van der Waals surface area contributed by atoms with Crippen molar-refractivity contribution in [1.29, 1.82) is 0 Å². The Labute approximate surface area is 150 Å². The molecular formula is C17H19Cl2N3O2. The zero-order valence-electron chi connectivity index (χ0n) is 13.3. The Morgan fingerprint density at radius 1 is 1.25 bits per heavy atom. The fourth-order valence-electron chi connectivity index (χ4n) is 2.16. The van der Waals surface area contributed by atoms with Gasteiger partial charge >= 0.3 is 0 Å². The fourth-order valence-corrected chi connectivity index (χ4v) is 2.48. The minimum absolute atomic E-state index is 0.174. The van der Waals surface area contributed by atoms with Gasteiger partial charge in [-0.15, -0.1) is 0 Å². The van der Waals surface area contributed by atoms with Gasteiger partial charge in [0.05, 0.1) is 22.3 Å². The van der Waals surface area contributed by atoms with E-state index in [1.165, 1.54) is 10.6 Å². The summed E-state index contributed by atoms with van der Waals surface area (Å²) in [4.78, 5) is 23.9. The number of hydrogen-bond acceptors (Lipinski definition) is 3. The normalized spacial score (nSPS) is 12.0. The van der Waals surface area contributed by atoms with Gasteiger partial charge in [0.1, 0.15) is 0 Å². The van der Waals surface area contributed by atoms with E-state index in [1.807, 2.05) is 6.92 Å². The third-order valence-corrected chi connectivity index (χ3v) is 4.32. The van der Waals surface area contributed by atoms with E-state index in [0.29, 0.717) is 22.3 Å². The van der Waals surface area contributed by atoms with Crippen molar-refractivity contribution in [2.45, 2.75) is 32.4 Å². The second kappa shape index (κ2) is 8.33. The largest absolute Gasteiger partial charge is 0.327 e. The Bertz CT molecular complexity index is 790. The topological polar surface area (TPSA) is 77.1 Å². The number of nitrogens with zero attached hydrogens (tertiary/aromatic N) is 1. The first-order valence-electron chi connectivity index (χ1n) is 7.59. The molecule has 128 valence electrons. The molecule has 0 saturated heterocycles. The lowest BCUT2D eigenvalue weighted by Crippen LogP contribution is -2.27. The first-order chi connectivity index (χ1) is 11.4. The molecule has 1 amide bonds. The molecule has 0 bridgehead atoms. The van der Waals surface area contributed by atoms with E-state index in [1.54, 1.807) is 30.5 Å². The van der Waals surface area contributed by atoms with Crippen molar-refractivity contribution in [2.75, 3.05) is 5.32 Å². The zero-order valence-corrected chi connectivity index (χ0v) is 14.8. The lowest BCUT2D eigenvalue weighted by Gasteiger charge is -2.12. The number of carbonyl (C=O) groups is 1. The van der Waals surface area contributed by atoms with E-state index in [4.69, 9.17) is 28.9 Å². The summed E-state index contributed by atoms with van der Waals surface area (Å²) < 4.78 is 1.49. The standard InChI is InChI=1S/C17H19Cl2N3O2/c1-2-12(20)8-16(23)21-13-4-6-17(24)22(10-13)9-11-3-5-14(18)15(19)7-11/h3-7,10,12H,2,8-9,20H2,1H3,(H,21,23)/t12-/m1/s1. The maximum Gasteiger partial charge on any atom is 0.250 e. The molecule has 7 heteroatoms. The van der Waals surface area contributed by atoms with Crippen molar-refractivity contribution in [3.8, 4) is 0 Å². The van der Waals surface area contributed by atoms with Crippen molar-refractivity contribution >= 4 is 34.8 Å². The molecule has 3 N–H and O–H groups in total. The van der Waals surface area contributed by atoms with E-state index in [-0.39, 0.29) is 23.9 Å². The zero-order chi connectivity index (χ0) is 17.7. The van der Waals surface area contributed by atoms with Crippen LogP contribution in [0.3, 0.4) is 0 Å². The predicted molar refractivity (Wildman–Crippen MR) is 97.8 cm³/mol. The molecule has 1 aromatic heterocycles. The molecule has 1 heterocycles. The highest BCUT2D eigenvalue weighted by Crippen LogP contribution is 2.23. The quantitative estimate of drug-likeness (QED) is 0.822. The highest BCUT2D eigenvalue weighted by molar-refractivity contribution is 6.42. The molecule has 0 aliphatic carbocycles. The van der Waals surface area contributed by atoms with Crippen LogP contribution in [0.4, 0.5) is 5.69 Å². The Morgan fingerprint density at radius 3 is 2.67 bits per heavy atom. The van der Waals surface area contributed by atoms with Gasteiger partial charge in [-0.3, -0.25) is 9.59 Å². The minimum atomic E-state index is -0.177. The maximum absolute atomic E-state index is 12.0. The number of rotatable bonds is 6. The van der Waals surface area contributed by atoms with E-state index in [0.717, 1.165) is 12.0 Å². The second-order valence-electron chi connectivity index (χ2n) is 5.55. The van der Waals surface area contributed by atoms with Gasteiger partial charge in [0.2, 0.25) is 5.91 Å². The molecule has 2 aromatic rings. The number of carbonyl (C=O) groups excluding carboxylic acids is 1. The second-order valence-corrected chi connectivity index (χ2v) is 6.37. The summed E-state index contributed by atoms with van der Waals surface area (Å²) >= 11 is 11.9. The number of hydrogen-bond donors (Lipinski definition) is 2. The van der Waals surface area contributed by atoms with Crippen LogP contribution >= 0.6 is 23.2 Å². The molecule has 0 unspecified atom stereocenters. The number of anilines is 1. The van der Waals surface area contributed by atoms with Crippen molar-refractivity contribution in [3.05, 3.63) is 62.5 Å². The Morgan fingerprint density at radius 2 is 2.00 bits per heavy atom. The minimum Gasteiger partial charge on any atom is -0.327 e. The van der Waals surface area contributed by atoms with Gasteiger partial charge < -0.3 is 15.6 Å². The number of pyridine rings is 1. The first kappa shape index (κ1) is 18.5. The fraction of sp³-hybridized carbons (Fsp3) is 0.294. The van der Waals surface area contributed by atoms with Gasteiger partial charge in [-0.2, -0.15) is 0 Å². The first-order valence-corrected chi connectivity index (χ1v) is 8.34. The molecule has 2 rings (SSSR count). The van der Waals surface area contributed by atoms with Crippen LogP contribution in [-0.2, 0) is 11.3 Å². The van der Waals surface area contributed by atoms with E-state index < -0.39 is 0 Å². The Kier molecular flexibility index (Phi) is 6.43. The van der Waals surface area contributed by atoms with Gasteiger partial charge in [-0.25, -0.2) is 0 Å². The molecular weight excluding hydrogens is 349 g/mol. The molecule has 0 saturated carbocycles. The van der Waals surface area contributed by atoms with Crippen LogP contribution in [0.25, 0.3) is 0 Å². The lowest BCUT2D eigenvalue weighted by atomic mass is 10.1. The maximum atomic E-state index is 12.0. The number of amides is 1. The number of halogens is 2. The summed E-state index contributed by atoms with van der Waals surface area (Å²) in [5, 5.41) is 3.65. The molecule has 5 nitrogen and oxygen atoms in total. The summed E-state index contributed by atoms with van der Waals surface area (Å²) in [7, 11) is 0. The van der Waals surface area contributed by atoms with Gasteiger partial charge in [-0.1, -0.05) is 36.2 Å². The summed E-state index contributed by atoms with van der Waals surface area (Å²) in [6, 6.07) is 8.00. The van der Waals surface area contributed by atoms with Crippen molar-refractivity contribution in [2.24, 2.45) is 5.73 Å². The smallest absolute Gasteiger partial charge is 0.250 e.